The first-order valence-corrected chi connectivity index (χ1v) is 6.80. The van der Waals surface area contributed by atoms with Gasteiger partial charge in [-0.1, -0.05) is 13.8 Å². The Morgan fingerprint density at radius 2 is 2.11 bits per heavy atom. The van der Waals surface area contributed by atoms with Crippen LogP contribution in [0.4, 0.5) is 0 Å². The van der Waals surface area contributed by atoms with Crippen molar-refractivity contribution in [3.8, 4) is 0 Å². The van der Waals surface area contributed by atoms with E-state index < -0.39 is 0 Å². The van der Waals surface area contributed by atoms with Crippen molar-refractivity contribution in [3.05, 3.63) is 35.1 Å². The molecular formula is C16H21NO2. The first kappa shape index (κ1) is 13.7. The monoisotopic (exact) mass is 259 g/mol. The maximum atomic E-state index is 11.7. The molecular weight excluding hydrogens is 238 g/mol. The van der Waals surface area contributed by atoms with Crippen LogP contribution in [0.2, 0.25) is 0 Å². The van der Waals surface area contributed by atoms with Gasteiger partial charge in [0.25, 0.3) is 0 Å². The van der Waals surface area contributed by atoms with E-state index in [-0.39, 0.29) is 5.91 Å². The second-order valence-electron chi connectivity index (χ2n) is 5.25. The number of furan rings is 1. The summed E-state index contributed by atoms with van der Waals surface area (Å²) in [4.78, 5) is 11.7. The van der Waals surface area contributed by atoms with E-state index in [1.165, 1.54) is 11.1 Å². The van der Waals surface area contributed by atoms with Crippen LogP contribution in [0.5, 0.6) is 0 Å². The van der Waals surface area contributed by atoms with Crippen LogP contribution in [0, 0.1) is 6.92 Å². The van der Waals surface area contributed by atoms with E-state index in [0.717, 1.165) is 16.5 Å². The Balaban J connectivity index is 2.41. The van der Waals surface area contributed by atoms with Crippen molar-refractivity contribution in [1.82, 2.24) is 5.32 Å². The number of hydrogen-bond acceptors (Lipinski definition) is 2. The molecule has 1 amide bonds. The summed E-state index contributed by atoms with van der Waals surface area (Å²) < 4.78 is 5.56. The van der Waals surface area contributed by atoms with Gasteiger partial charge in [-0.25, -0.2) is 0 Å². The standard InChI is InChI=1S/C16H21NO2/c1-5-17-16(18)7-12-9-19-15-6-11(4)13(10(2)3)8-14(12)15/h6,8-10H,5,7H2,1-4H3,(H,17,18). The zero-order chi connectivity index (χ0) is 14.0. The molecule has 2 aromatic rings. The third-order valence-corrected chi connectivity index (χ3v) is 3.39. The van der Waals surface area contributed by atoms with Crippen LogP contribution in [0.15, 0.2) is 22.8 Å². The molecule has 0 aliphatic rings. The van der Waals surface area contributed by atoms with Crippen LogP contribution >= 0.6 is 0 Å². The van der Waals surface area contributed by atoms with Crippen molar-refractivity contribution >= 4 is 16.9 Å². The predicted molar refractivity (Wildman–Crippen MR) is 77.4 cm³/mol. The van der Waals surface area contributed by atoms with E-state index in [0.29, 0.717) is 18.9 Å². The number of amides is 1. The third-order valence-electron chi connectivity index (χ3n) is 3.39. The van der Waals surface area contributed by atoms with Crippen molar-refractivity contribution in [2.24, 2.45) is 0 Å². The summed E-state index contributed by atoms with van der Waals surface area (Å²) in [5.41, 5.74) is 4.37. The lowest BCUT2D eigenvalue weighted by Gasteiger charge is -2.09. The fourth-order valence-corrected chi connectivity index (χ4v) is 2.44. The molecule has 102 valence electrons. The van der Waals surface area contributed by atoms with Gasteiger partial charge in [0.1, 0.15) is 5.58 Å². The highest BCUT2D eigenvalue weighted by molar-refractivity contribution is 5.88. The Morgan fingerprint density at radius 3 is 2.74 bits per heavy atom. The lowest BCUT2D eigenvalue weighted by atomic mass is 9.95. The van der Waals surface area contributed by atoms with Crippen molar-refractivity contribution in [2.45, 2.75) is 40.0 Å². The summed E-state index contributed by atoms with van der Waals surface area (Å²) in [5, 5.41) is 3.87. The first-order chi connectivity index (χ1) is 9.02. The fraction of sp³-hybridized carbons (Fsp3) is 0.438. The minimum absolute atomic E-state index is 0.0388. The number of aryl methyl sites for hydroxylation is 1. The van der Waals surface area contributed by atoms with Crippen LogP contribution < -0.4 is 5.32 Å². The minimum atomic E-state index is 0.0388. The zero-order valence-electron chi connectivity index (χ0n) is 12.0. The normalized spacial score (nSPS) is 11.2. The minimum Gasteiger partial charge on any atom is -0.464 e. The van der Waals surface area contributed by atoms with Gasteiger partial charge in [0.2, 0.25) is 5.91 Å². The van der Waals surface area contributed by atoms with Crippen molar-refractivity contribution in [3.63, 3.8) is 0 Å². The summed E-state index contributed by atoms with van der Waals surface area (Å²) in [6.07, 6.45) is 2.07. The Hall–Kier alpha value is -1.77. The molecule has 0 atom stereocenters. The zero-order valence-corrected chi connectivity index (χ0v) is 12.0. The molecule has 2 rings (SSSR count). The molecule has 0 saturated heterocycles. The third kappa shape index (κ3) is 2.80. The van der Waals surface area contributed by atoms with E-state index in [9.17, 15) is 4.79 Å². The van der Waals surface area contributed by atoms with Gasteiger partial charge in [-0.15, -0.1) is 0 Å². The number of fused-ring (bicyclic) bond motifs is 1. The lowest BCUT2D eigenvalue weighted by Crippen LogP contribution is -2.24. The number of likely N-dealkylation sites (N-methyl/N-ethyl adjacent to an activating group) is 1. The quantitative estimate of drug-likeness (QED) is 0.912. The van der Waals surface area contributed by atoms with Gasteiger partial charge < -0.3 is 9.73 Å². The number of rotatable bonds is 4. The number of benzene rings is 1. The van der Waals surface area contributed by atoms with Gasteiger partial charge in [-0.05, 0) is 43.0 Å². The summed E-state index contributed by atoms with van der Waals surface area (Å²) in [6, 6.07) is 4.22. The van der Waals surface area contributed by atoms with Crippen LogP contribution in [0.25, 0.3) is 11.0 Å². The summed E-state index contributed by atoms with van der Waals surface area (Å²) in [5.74, 6) is 0.508. The number of hydrogen-bond donors (Lipinski definition) is 1. The van der Waals surface area contributed by atoms with E-state index in [2.05, 4.69) is 38.2 Å². The Morgan fingerprint density at radius 1 is 1.37 bits per heavy atom. The average molecular weight is 259 g/mol. The fourth-order valence-electron chi connectivity index (χ4n) is 2.44. The maximum Gasteiger partial charge on any atom is 0.224 e. The van der Waals surface area contributed by atoms with Crippen LogP contribution in [0.3, 0.4) is 0 Å². The summed E-state index contributed by atoms with van der Waals surface area (Å²) in [7, 11) is 0. The van der Waals surface area contributed by atoms with Crippen LogP contribution in [-0.4, -0.2) is 12.5 Å². The Labute approximate surface area is 114 Å². The number of carbonyl (C=O) groups is 1. The molecule has 0 unspecified atom stereocenters. The second kappa shape index (κ2) is 5.47. The molecule has 0 aliphatic carbocycles. The predicted octanol–water partition coefficient (Wildman–Crippen LogP) is 3.54. The van der Waals surface area contributed by atoms with Gasteiger partial charge in [-0.3, -0.25) is 4.79 Å². The first-order valence-electron chi connectivity index (χ1n) is 6.80. The molecule has 0 saturated carbocycles. The smallest absolute Gasteiger partial charge is 0.224 e. The molecule has 1 aromatic carbocycles. The molecule has 1 aromatic heterocycles. The largest absolute Gasteiger partial charge is 0.464 e. The van der Waals surface area contributed by atoms with Gasteiger partial charge in [0.15, 0.2) is 0 Å². The molecule has 3 nitrogen and oxygen atoms in total. The van der Waals surface area contributed by atoms with Crippen molar-refractivity contribution in [2.75, 3.05) is 6.54 Å². The maximum absolute atomic E-state index is 11.7. The molecule has 1 heterocycles. The molecule has 0 spiro atoms. The second-order valence-corrected chi connectivity index (χ2v) is 5.25. The van der Waals surface area contributed by atoms with E-state index in [4.69, 9.17) is 4.42 Å². The molecule has 0 aliphatic heterocycles. The molecule has 0 radical (unpaired) electrons. The Bertz CT molecular complexity index is 596. The number of nitrogens with one attached hydrogen (secondary N) is 1. The highest BCUT2D eigenvalue weighted by Crippen LogP contribution is 2.29. The average Bonchev–Trinajstić information content (AvgIpc) is 2.70. The molecule has 1 N–H and O–H groups in total. The van der Waals surface area contributed by atoms with Crippen LogP contribution in [-0.2, 0) is 11.2 Å². The van der Waals surface area contributed by atoms with E-state index in [1.54, 1.807) is 6.26 Å². The molecule has 0 bridgehead atoms. The van der Waals surface area contributed by atoms with E-state index in [1.807, 2.05) is 6.92 Å². The Kier molecular flexibility index (Phi) is 3.93. The number of carbonyl (C=O) groups excluding carboxylic acids is 1. The SMILES string of the molecule is CCNC(=O)Cc1coc2cc(C)c(C(C)C)cc12. The topological polar surface area (TPSA) is 42.2 Å². The molecule has 3 heteroatoms. The van der Waals surface area contributed by atoms with E-state index >= 15 is 0 Å². The summed E-state index contributed by atoms with van der Waals surface area (Å²) >= 11 is 0. The van der Waals surface area contributed by atoms with Gasteiger partial charge >= 0.3 is 0 Å². The van der Waals surface area contributed by atoms with Crippen LogP contribution in [0.1, 0.15) is 43.4 Å². The highest BCUT2D eigenvalue weighted by Gasteiger charge is 2.13. The lowest BCUT2D eigenvalue weighted by molar-refractivity contribution is -0.120. The highest BCUT2D eigenvalue weighted by atomic mass is 16.3. The molecule has 19 heavy (non-hydrogen) atoms. The summed E-state index contributed by atoms with van der Waals surface area (Å²) in [6.45, 7) is 9.03. The van der Waals surface area contributed by atoms with Crippen molar-refractivity contribution in [1.29, 1.82) is 0 Å². The van der Waals surface area contributed by atoms with Gasteiger partial charge in [0.05, 0.1) is 12.7 Å². The van der Waals surface area contributed by atoms with Gasteiger partial charge in [-0.2, -0.15) is 0 Å². The van der Waals surface area contributed by atoms with Crippen molar-refractivity contribution < 1.29 is 9.21 Å². The molecule has 0 fully saturated rings. The van der Waals surface area contributed by atoms with Gasteiger partial charge in [0, 0.05) is 17.5 Å².